The molecule has 1 aromatic carbocycles. The highest BCUT2D eigenvalue weighted by Crippen LogP contribution is 2.23. The van der Waals surface area contributed by atoms with Crippen molar-refractivity contribution in [3.8, 4) is 5.75 Å². The zero-order valence-electron chi connectivity index (χ0n) is 10.9. The van der Waals surface area contributed by atoms with E-state index in [2.05, 4.69) is 26.4 Å². The highest BCUT2D eigenvalue weighted by Gasteiger charge is 2.14. The Bertz CT molecular complexity index is 683. The van der Waals surface area contributed by atoms with E-state index in [9.17, 15) is 9.59 Å². The third kappa shape index (κ3) is 4.06. The summed E-state index contributed by atoms with van der Waals surface area (Å²) in [6.45, 7) is 1.35. The SMILES string of the molecule is Cc1cc(NC(=O)COc2cc(Br)ccc2C(=O)O)no1. The molecule has 2 N–H and O–H groups in total. The monoisotopic (exact) mass is 354 g/mol. The number of halogens is 1. The van der Waals surface area contributed by atoms with Crippen LogP contribution in [0.25, 0.3) is 0 Å². The molecule has 0 aliphatic carbocycles. The summed E-state index contributed by atoms with van der Waals surface area (Å²) in [5.74, 6) is -0.673. The smallest absolute Gasteiger partial charge is 0.339 e. The van der Waals surface area contributed by atoms with Crippen molar-refractivity contribution in [2.24, 2.45) is 0 Å². The standard InChI is InChI=1S/C13H11BrN2O5/c1-7-4-11(16-21-7)15-12(17)6-20-10-5-8(14)2-3-9(10)13(18)19/h2-5H,6H2,1H3,(H,18,19)(H,15,16,17). The van der Waals surface area contributed by atoms with E-state index in [1.807, 2.05) is 0 Å². The number of rotatable bonds is 5. The lowest BCUT2D eigenvalue weighted by Crippen LogP contribution is -2.21. The first-order valence-electron chi connectivity index (χ1n) is 5.84. The molecule has 2 rings (SSSR count). The Hall–Kier alpha value is -2.35. The fourth-order valence-corrected chi connectivity index (χ4v) is 1.88. The lowest BCUT2D eigenvalue weighted by atomic mass is 10.2. The molecule has 0 fully saturated rings. The van der Waals surface area contributed by atoms with Crippen LogP contribution < -0.4 is 10.1 Å². The Morgan fingerprint density at radius 3 is 2.81 bits per heavy atom. The van der Waals surface area contributed by atoms with Crippen molar-refractivity contribution < 1.29 is 24.0 Å². The molecular formula is C13H11BrN2O5. The van der Waals surface area contributed by atoms with Crippen LogP contribution in [0.2, 0.25) is 0 Å². The number of amides is 1. The van der Waals surface area contributed by atoms with Crippen LogP contribution in [0.1, 0.15) is 16.1 Å². The molecule has 0 radical (unpaired) electrons. The van der Waals surface area contributed by atoms with Gasteiger partial charge in [-0.05, 0) is 25.1 Å². The normalized spacial score (nSPS) is 10.2. The van der Waals surface area contributed by atoms with Crippen LogP contribution in [0.15, 0.2) is 33.3 Å². The molecule has 0 saturated heterocycles. The van der Waals surface area contributed by atoms with E-state index < -0.39 is 11.9 Å². The quantitative estimate of drug-likeness (QED) is 0.854. The van der Waals surface area contributed by atoms with Gasteiger partial charge in [-0.1, -0.05) is 21.1 Å². The zero-order valence-corrected chi connectivity index (χ0v) is 12.5. The van der Waals surface area contributed by atoms with Gasteiger partial charge in [0, 0.05) is 10.5 Å². The second-order valence-electron chi connectivity index (χ2n) is 4.11. The fraction of sp³-hybridized carbons (Fsp3) is 0.154. The molecule has 1 amide bonds. The van der Waals surface area contributed by atoms with Gasteiger partial charge in [-0.3, -0.25) is 4.79 Å². The number of carbonyl (C=O) groups is 2. The minimum absolute atomic E-state index is 0.0247. The summed E-state index contributed by atoms with van der Waals surface area (Å²) in [5.41, 5.74) is -0.0247. The molecule has 0 unspecified atom stereocenters. The summed E-state index contributed by atoms with van der Waals surface area (Å²) in [4.78, 5) is 22.7. The van der Waals surface area contributed by atoms with Crippen molar-refractivity contribution in [1.82, 2.24) is 5.16 Å². The first-order valence-corrected chi connectivity index (χ1v) is 6.64. The molecule has 0 aliphatic rings. The number of aromatic carboxylic acids is 1. The second kappa shape index (κ2) is 6.40. The number of carboxylic acid groups (broad SMARTS) is 1. The van der Waals surface area contributed by atoms with Crippen molar-refractivity contribution in [3.05, 3.63) is 40.1 Å². The number of aromatic nitrogens is 1. The summed E-state index contributed by atoms with van der Waals surface area (Å²) >= 11 is 3.21. The lowest BCUT2D eigenvalue weighted by molar-refractivity contribution is -0.118. The number of ether oxygens (including phenoxy) is 1. The molecule has 0 spiro atoms. The van der Waals surface area contributed by atoms with E-state index in [1.54, 1.807) is 19.1 Å². The van der Waals surface area contributed by atoms with Gasteiger partial charge in [-0.2, -0.15) is 0 Å². The minimum atomic E-state index is -1.13. The molecule has 8 heteroatoms. The Labute approximate surface area is 128 Å². The average Bonchev–Trinajstić information content (AvgIpc) is 2.81. The van der Waals surface area contributed by atoms with Crippen LogP contribution in [0, 0.1) is 6.92 Å². The Balaban J connectivity index is 2.00. The number of nitrogens with one attached hydrogen (secondary N) is 1. The molecule has 7 nitrogen and oxygen atoms in total. The predicted octanol–water partition coefficient (Wildman–Crippen LogP) is 2.46. The summed E-state index contributed by atoms with van der Waals surface area (Å²) < 4.78 is 10.7. The highest BCUT2D eigenvalue weighted by atomic mass is 79.9. The van der Waals surface area contributed by atoms with E-state index in [0.717, 1.165) is 0 Å². The minimum Gasteiger partial charge on any atom is -0.483 e. The number of benzene rings is 1. The van der Waals surface area contributed by atoms with Crippen LogP contribution in [-0.2, 0) is 4.79 Å². The van der Waals surface area contributed by atoms with Crippen molar-refractivity contribution in [1.29, 1.82) is 0 Å². The maximum Gasteiger partial charge on any atom is 0.339 e. The number of aryl methyl sites for hydroxylation is 1. The molecule has 21 heavy (non-hydrogen) atoms. The third-order valence-electron chi connectivity index (χ3n) is 2.43. The number of anilines is 1. The maximum atomic E-state index is 11.7. The summed E-state index contributed by atoms with van der Waals surface area (Å²) in [7, 11) is 0. The highest BCUT2D eigenvalue weighted by molar-refractivity contribution is 9.10. The summed E-state index contributed by atoms with van der Waals surface area (Å²) in [5, 5.41) is 15.1. The van der Waals surface area contributed by atoms with E-state index >= 15 is 0 Å². The molecular weight excluding hydrogens is 344 g/mol. The van der Waals surface area contributed by atoms with Gasteiger partial charge in [0.15, 0.2) is 12.4 Å². The zero-order chi connectivity index (χ0) is 15.4. The van der Waals surface area contributed by atoms with Gasteiger partial charge in [-0.15, -0.1) is 0 Å². The van der Waals surface area contributed by atoms with Crippen molar-refractivity contribution in [3.63, 3.8) is 0 Å². The van der Waals surface area contributed by atoms with Gasteiger partial charge < -0.3 is 19.7 Å². The Kier molecular flexibility index (Phi) is 4.59. The molecule has 0 atom stereocenters. The van der Waals surface area contributed by atoms with Gasteiger partial charge in [0.05, 0.1) is 0 Å². The molecule has 0 bridgehead atoms. The third-order valence-corrected chi connectivity index (χ3v) is 2.92. The number of carbonyl (C=O) groups excluding carboxylic acids is 1. The number of hydrogen-bond acceptors (Lipinski definition) is 5. The first-order chi connectivity index (χ1) is 9.95. The van der Waals surface area contributed by atoms with Crippen LogP contribution in [0.5, 0.6) is 5.75 Å². The van der Waals surface area contributed by atoms with Crippen LogP contribution in [0.4, 0.5) is 5.82 Å². The van der Waals surface area contributed by atoms with Gasteiger partial charge in [-0.25, -0.2) is 4.79 Å². The summed E-state index contributed by atoms with van der Waals surface area (Å²) in [6.07, 6.45) is 0. The van der Waals surface area contributed by atoms with Crippen molar-refractivity contribution >= 4 is 33.6 Å². The number of hydrogen-bond donors (Lipinski definition) is 2. The van der Waals surface area contributed by atoms with Gasteiger partial charge >= 0.3 is 5.97 Å². The molecule has 2 aromatic rings. The average molecular weight is 355 g/mol. The molecule has 0 saturated carbocycles. The molecule has 1 aromatic heterocycles. The molecule has 0 aliphatic heterocycles. The van der Waals surface area contributed by atoms with E-state index in [1.165, 1.54) is 12.1 Å². The van der Waals surface area contributed by atoms with E-state index in [4.69, 9.17) is 14.4 Å². The second-order valence-corrected chi connectivity index (χ2v) is 5.02. The van der Waals surface area contributed by atoms with E-state index in [-0.39, 0.29) is 23.7 Å². The largest absolute Gasteiger partial charge is 0.483 e. The lowest BCUT2D eigenvalue weighted by Gasteiger charge is -2.09. The predicted molar refractivity (Wildman–Crippen MR) is 76.5 cm³/mol. The van der Waals surface area contributed by atoms with E-state index in [0.29, 0.717) is 10.2 Å². The van der Waals surface area contributed by atoms with Gasteiger partial charge in [0.1, 0.15) is 17.1 Å². The Morgan fingerprint density at radius 2 is 2.19 bits per heavy atom. The number of nitrogens with zero attached hydrogens (tertiary/aromatic N) is 1. The van der Waals surface area contributed by atoms with Gasteiger partial charge in [0.25, 0.3) is 5.91 Å². The van der Waals surface area contributed by atoms with Crippen molar-refractivity contribution in [2.45, 2.75) is 6.92 Å². The fourth-order valence-electron chi connectivity index (χ4n) is 1.54. The maximum absolute atomic E-state index is 11.7. The van der Waals surface area contributed by atoms with Crippen molar-refractivity contribution in [2.75, 3.05) is 11.9 Å². The Morgan fingerprint density at radius 1 is 1.43 bits per heavy atom. The molecule has 1 heterocycles. The summed E-state index contributed by atoms with van der Waals surface area (Å²) in [6, 6.07) is 6.01. The topological polar surface area (TPSA) is 102 Å². The van der Waals surface area contributed by atoms with Gasteiger partial charge in [0.2, 0.25) is 0 Å². The van der Waals surface area contributed by atoms with Crippen LogP contribution in [0.3, 0.4) is 0 Å². The van der Waals surface area contributed by atoms with Crippen LogP contribution in [-0.4, -0.2) is 28.7 Å². The first kappa shape index (κ1) is 15.0. The molecule has 110 valence electrons. The number of carboxylic acids is 1. The van der Waals surface area contributed by atoms with Crippen LogP contribution >= 0.6 is 15.9 Å².